The van der Waals surface area contributed by atoms with Crippen LogP contribution in [0.15, 0.2) is 24.3 Å². The van der Waals surface area contributed by atoms with Crippen molar-refractivity contribution in [2.45, 2.75) is 31.3 Å². The van der Waals surface area contributed by atoms with Crippen molar-refractivity contribution in [3.63, 3.8) is 0 Å². The Hall–Kier alpha value is -1.43. The van der Waals surface area contributed by atoms with Crippen LogP contribution in [0.4, 0.5) is 0 Å². The highest BCUT2D eigenvalue weighted by molar-refractivity contribution is 5.94. The van der Waals surface area contributed by atoms with Gasteiger partial charge in [-0.25, -0.2) is 4.79 Å². The van der Waals surface area contributed by atoms with Crippen LogP contribution in [0.25, 0.3) is 0 Å². The lowest BCUT2D eigenvalue weighted by molar-refractivity contribution is -0.359. The van der Waals surface area contributed by atoms with Gasteiger partial charge in [-0.1, -0.05) is 31.5 Å². The van der Waals surface area contributed by atoms with Crippen LogP contribution >= 0.6 is 0 Å². The van der Waals surface area contributed by atoms with Crippen molar-refractivity contribution in [3.05, 3.63) is 35.4 Å². The Morgan fingerprint density at radius 3 is 2.65 bits per heavy atom. The number of esters is 1. The molecule has 0 saturated carbocycles. The van der Waals surface area contributed by atoms with Gasteiger partial charge >= 0.3 is 5.97 Å². The van der Waals surface area contributed by atoms with Gasteiger partial charge in [-0.05, 0) is 6.07 Å². The Morgan fingerprint density at radius 1 is 1.35 bits per heavy atom. The first-order chi connectivity index (χ1) is 7.92. The highest BCUT2D eigenvalue weighted by atomic mass is 16.7. The van der Waals surface area contributed by atoms with Gasteiger partial charge in [-0.2, -0.15) is 0 Å². The van der Waals surface area contributed by atoms with E-state index in [-0.39, 0.29) is 17.5 Å². The molecule has 0 radical (unpaired) electrons. The van der Waals surface area contributed by atoms with Crippen LogP contribution < -0.4 is 0 Å². The lowest BCUT2D eigenvalue weighted by Gasteiger charge is -2.35. The average Bonchev–Trinajstić information content (AvgIpc) is 2.54. The molecule has 1 unspecified atom stereocenters. The van der Waals surface area contributed by atoms with Gasteiger partial charge in [0.1, 0.15) is 0 Å². The second-order valence-electron chi connectivity index (χ2n) is 4.15. The SMILES string of the molecule is CCCC(O)(O)C1(O)OC(=O)c2ccccc21. The second-order valence-corrected chi connectivity index (χ2v) is 4.15. The molecule has 0 amide bonds. The summed E-state index contributed by atoms with van der Waals surface area (Å²) in [5, 5.41) is 30.0. The molecule has 92 valence electrons. The van der Waals surface area contributed by atoms with Crippen molar-refractivity contribution in [1.29, 1.82) is 0 Å². The Bertz CT molecular complexity index is 454. The third kappa shape index (κ3) is 1.63. The summed E-state index contributed by atoms with van der Waals surface area (Å²) in [6.45, 7) is 1.73. The maximum Gasteiger partial charge on any atom is 0.341 e. The lowest BCUT2D eigenvalue weighted by atomic mass is 9.92. The topological polar surface area (TPSA) is 87.0 Å². The smallest absolute Gasteiger partial charge is 0.341 e. The molecule has 1 aliphatic heterocycles. The van der Waals surface area contributed by atoms with E-state index < -0.39 is 17.5 Å². The third-order valence-electron chi connectivity index (χ3n) is 2.89. The van der Waals surface area contributed by atoms with Crippen LogP contribution in [0.1, 0.15) is 35.7 Å². The van der Waals surface area contributed by atoms with Gasteiger partial charge in [0.05, 0.1) is 5.56 Å². The molecule has 1 aliphatic rings. The van der Waals surface area contributed by atoms with E-state index in [0.29, 0.717) is 6.42 Å². The van der Waals surface area contributed by atoms with Crippen molar-refractivity contribution < 1.29 is 24.9 Å². The first-order valence-corrected chi connectivity index (χ1v) is 5.42. The van der Waals surface area contributed by atoms with Crippen LogP contribution in [0.3, 0.4) is 0 Å². The summed E-state index contributed by atoms with van der Waals surface area (Å²) in [5.74, 6) is -5.65. The van der Waals surface area contributed by atoms with Gasteiger partial charge in [-0.3, -0.25) is 0 Å². The van der Waals surface area contributed by atoms with E-state index in [0.717, 1.165) is 0 Å². The molecule has 0 spiro atoms. The molecule has 0 saturated heterocycles. The number of fused-ring (bicyclic) bond motifs is 1. The van der Waals surface area contributed by atoms with Crippen molar-refractivity contribution in [3.8, 4) is 0 Å². The number of carbonyl (C=O) groups excluding carboxylic acids is 1. The van der Waals surface area contributed by atoms with Gasteiger partial charge in [-0.15, -0.1) is 0 Å². The summed E-state index contributed by atoms with van der Waals surface area (Å²) >= 11 is 0. The van der Waals surface area contributed by atoms with E-state index in [1.807, 2.05) is 0 Å². The summed E-state index contributed by atoms with van der Waals surface area (Å²) in [6, 6.07) is 6.12. The first-order valence-electron chi connectivity index (χ1n) is 5.42. The van der Waals surface area contributed by atoms with E-state index in [1.165, 1.54) is 12.1 Å². The minimum atomic E-state index is -2.50. The minimum absolute atomic E-state index is 0.0865. The Balaban J connectivity index is 2.51. The van der Waals surface area contributed by atoms with Crippen molar-refractivity contribution in [2.24, 2.45) is 0 Å². The van der Waals surface area contributed by atoms with Crippen LogP contribution in [0.2, 0.25) is 0 Å². The molecule has 0 bridgehead atoms. The van der Waals surface area contributed by atoms with Gasteiger partial charge in [0.15, 0.2) is 0 Å². The van der Waals surface area contributed by atoms with Gasteiger partial charge < -0.3 is 20.1 Å². The Labute approximate surface area is 98.3 Å². The first kappa shape index (κ1) is 12.0. The quantitative estimate of drug-likeness (QED) is 0.526. The van der Waals surface area contributed by atoms with E-state index in [4.69, 9.17) is 4.74 Å². The van der Waals surface area contributed by atoms with Crippen molar-refractivity contribution in [1.82, 2.24) is 0 Å². The predicted molar refractivity (Wildman–Crippen MR) is 57.8 cm³/mol. The fourth-order valence-electron chi connectivity index (χ4n) is 2.02. The van der Waals surface area contributed by atoms with Crippen LogP contribution in [-0.2, 0) is 10.5 Å². The van der Waals surface area contributed by atoms with Gasteiger partial charge in [0, 0.05) is 12.0 Å². The molecular formula is C12H14O5. The van der Waals surface area contributed by atoms with E-state index >= 15 is 0 Å². The monoisotopic (exact) mass is 238 g/mol. The number of cyclic esters (lactones) is 1. The summed E-state index contributed by atoms with van der Waals surface area (Å²) in [4.78, 5) is 11.5. The van der Waals surface area contributed by atoms with Crippen LogP contribution in [0.5, 0.6) is 0 Å². The van der Waals surface area contributed by atoms with E-state index in [9.17, 15) is 20.1 Å². The maximum atomic E-state index is 11.5. The third-order valence-corrected chi connectivity index (χ3v) is 2.89. The molecule has 1 atom stereocenters. The Kier molecular flexibility index (Phi) is 2.69. The Morgan fingerprint density at radius 2 is 2.00 bits per heavy atom. The summed E-state index contributed by atoms with van der Waals surface area (Å²) < 4.78 is 4.75. The average molecular weight is 238 g/mol. The second kappa shape index (κ2) is 3.80. The zero-order valence-electron chi connectivity index (χ0n) is 9.38. The number of carbonyl (C=O) groups is 1. The number of hydrogen-bond acceptors (Lipinski definition) is 5. The maximum absolute atomic E-state index is 11.5. The predicted octanol–water partition coefficient (Wildman–Crippen LogP) is 0.483. The lowest BCUT2D eigenvalue weighted by Crippen LogP contribution is -2.52. The number of aliphatic hydroxyl groups is 3. The molecule has 5 heteroatoms. The molecular weight excluding hydrogens is 224 g/mol. The van der Waals surface area contributed by atoms with E-state index in [2.05, 4.69) is 0 Å². The number of hydrogen-bond donors (Lipinski definition) is 3. The summed E-state index contributed by atoms with van der Waals surface area (Å²) in [7, 11) is 0. The molecule has 0 aromatic heterocycles. The molecule has 1 aromatic rings. The summed E-state index contributed by atoms with van der Waals surface area (Å²) in [5.41, 5.74) is 0.238. The fourth-order valence-corrected chi connectivity index (χ4v) is 2.02. The molecule has 5 nitrogen and oxygen atoms in total. The van der Waals surface area contributed by atoms with Gasteiger partial charge in [0.25, 0.3) is 5.79 Å². The van der Waals surface area contributed by atoms with Crippen molar-refractivity contribution >= 4 is 5.97 Å². The molecule has 3 N–H and O–H groups in total. The van der Waals surface area contributed by atoms with Crippen molar-refractivity contribution in [2.75, 3.05) is 0 Å². The molecule has 0 fully saturated rings. The number of rotatable bonds is 3. The molecule has 2 rings (SSSR count). The highest BCUT2D eigenvalue weighted by Gasteiger charge is 2.58. The fraction of sp³-hybridized carbons (Fsp3) is 0.417. The standard InChI is InChI=1S/C12H14O5/c1-2-7-11(14,15)12(16)9-6-4-3-5-8(9)10(13)17-12/h3-6,14-16H,2,7H2,1H3. The zero-order valence-corrected chi connectivity index (χ0v) is 9.38. The zero-order chi connectivity index (χ0) is 12.7. The molecule has 1 aromatic carbocycles. The normalized spacial score (nSPS) is 23.4. The van der Waals surface area contributed by atoms with Crippen LogP contribution in [-0.4, -0.2) is 27.1 Å². The summed E-state index contributed by atoms with van der Waals surface area (Å²) in [6.07, 6.45) is 0.320. The molecule has 0 aliphatic carbocycles. The number of ether oxygens (including phenoxy) is 1. The highest BCUT2D eigenvalue weighted by Crippen LogP contribution is 2.42. The largest absolute Gasteiger partial charge is 0.419 e. The van der Waals surface area contributed by atoms with Crippen LogP contribution in [0, 0.1) is 0 Å². The number of benzene rings is 1. The molecule has 17 heavy (non-hydrogen) atoms. The minimum Gasteiger partial charge on any atom is -0.419 e. The van der Waals surface area contributed by atoms with E-state index in [1.54, 1.807) is 19.1 Å². The molecule has 1 heterocycles. The van der Waals surface area contributed by atoms with Gasteiger partial charge in [0.2, 0.25) is 5.79 Å².